The maximum Gasteiger partial charge on any atom is 0.326 e. The van der Waals surface area contributed by atoms with Crippen LogP contribution in [0, 0.1) is 0 Å². The number of rotatable bonds is 7. The summed E-state index contributed by atoms with van der Waals surface area (Å²) in [6.45, 7) is 1.89. The molecule has 0 heterocycles. The molecule has 5 heteroatoms. The van der Waals surface area contributed by atoms with E-state index in [-0.39, 0.29) is 6.61 Å². The minimum Gasteiger partial charge on any atom is -0.480 e. The summed E-state index contributed by atoms with van der Waals surface area (Å²) in [5.74, 6) is -1.45. The molecule has 0 aromatic heterocycles. The molecule has 0 aliphatic carbocycles. The summed E-state index contributed by atoms with van der Waals surface area (Å²) in [5.41, 5.74) is 0.968. The number of nitrogens with one attached hydrogen (secondary N) is 1. The Morgan fingerprint density at radius 1 is 1.33 bits per heavy atom. The standard InChI is InChI=1S/C13H17NO4/c1-2-11(13(16)17)14-12(15)9-18-8-10-6-4-3-5-7-10/h3-7,11H,2,8-9H2,1H3,(H,14,15)(H,16,17)/t11-/m0/s1. The van der Waals surface area contributed by atoms with Crippen LogP contribution in [0.4, 0.5) is 0 Å². The average Bonchev–Trinajstić information content (AvgIpc) is 2.37. The summed E-state index contributed by atoms with van der Waals surface area (Å²) in [5, 5.41) is 11.2. The van der Waals surface area contributed by atoms with Crippen LogP contribution in [-0.2, 0) is 20.9 Å². The highest BCUT2D eigenvalue weighted by molar-refractivity contribution is 5.84. The fourth-order valence-corrected chi connectivity index (χ4v) is 1.41. The van der Waals surface area contributed by atoms with Crippen LogP contribution in [0.2, 0.25) is 0 Å². The quantitative estimate of drug-likeness (QED) is 0.763. The van der Waals surface area contributed by atoms with Gasteiger partial charge in [0.1, 0.15) is 12.6 Å². The minimum atomic E-state index is -1.03. The van der Waals surface area contributed by atoms with E-state index in [1.807, 2.05) is 30.3 Å². The predicted octanol–water partition coefficient (Wildman–Crippen LogP) is 1.18. The number of aliphatic carboxylic acids is 1. The highest BCUT2D eigenvalue weighted by Crippen LogP contribution is 2.00. The molecular weight excluding hydrogens is 234 g/mol. The van der Waals surface area contributed by atoms with Crippen molar-refractivity contribution in [1.82, 2.24) is 5.32 Å². The Morgan fingerprint density at radius 3 is 2.56 bits per heavy atom. The van der Waals surface area contributed by atoms with Gasteiger partial charge in [-0.3, -0.25) is 4.79 Å². The van der Waals surface area contributed by atoms with Crippen LogP contribution >= 0.6 is 0 Å². The van der Waals surface area contributed by atoms with E-state index in [0.717, 1.165) is 5.56 Å². The summed E-state index contributed by atoms with van der Waals surface area (Å²) in [7, 11) is 0. The van der Waals surface area contributed by atoms with Crippen molar-refractivity contribution >= 4 is 11.9 Å². The van der Waals surface area contributed by atoms with Crippen LogP contribution in [0.15, 0.2) is 30.3 Å². The number of hydrogen-bond donors (Lipinski definition) is 2. The summed E-state index contributed by atoms with van der Waals surface area (Å²) < 4.78 is 5.20. The Balaban J connectivity index is 2.27. The average molecular weight is 251 g/mol. The third-order valence-electron chi connectivity index (χ3n) is 2.39. The first-order valence-corrected chi connectivity index (χ1v) is 5.77. The van der Waals surface area contributed by atoms with Crippen LogP contribution in [0.3, 0.4) is 0 Å². The van der Waals surface area contributed by atoms with Gasteiger partial charge in [0.05, 0.1) is 6.61 Å². The molecule has 1 amide bonds. The van der Waals surface area contributed by atoms with Gasteiger partial charge in [-0.05, 0) is 12.0 Å². The molecule has 2 N–H and O–H groups in total. The van der Waals surface area contributed by atoms with E-state index < -0.39 is 17.9 Å². The van der Waals surface area contributed by atoms with Gasteiger partial charge in [-0.1, -0.05) is 37.3 Å². The fourth-order valence-electron chi connectivity index (χ4n) is 1.41. The third kappa shape index (κ3) is 4.97. The lowest BCUT2D eigenvalue weighted by molar-refractivity contribution is -0.142. The van der Waals surface area contributed by atoms with Crippen LogP contribution < -0.4 is 5.32 Å². The Labute approximate surface area is 106 Å². The summed E-state index contributed by atoms with van der Waals surface area (Å²) in [4.78, 5) is 22.1. The minimum absolute atomic E-state index is 0.140. The molecule has 5 nitrogen and oxygen atoms in total. The van der Waals surface area contributed by atoms with Gasteiger partial charge >= 0.3 is 5.97 Å². The normalized spacial score (nSPS) is 11.8. The van der Waals surface area contributed by atoms with Gasteiger partial charge in [0.15, 0.2) is 0 Å². The molecule has 0 unspecified atom stereocenters. The first kappa shape index (κ1) is 14.2. The predicted molar refractivity (Wildman–Crippen MR) is 66.0 cm³/mol. The lowest BCUT2D eigenvalue weighted by Crippen LogP contribution is -2.41. The highest BCUT2D eigenvalue weighted by Gasteiger charge is 2.17. The van der Waals surface area contributed by atoms with Crippen LogP contribution in [-0.4, -0.2) is 29.6 Å². The molecular formula is C13H17NO4. The SMILES string of the molecule is CC[C@H](NC(=O)COCc1ccccc1)C(=O)O. The van der Waals surface area contributed by atoms with Gasteiger partial charge in [0, 0.05) is 0 Å². The molecule has 1 aromatic carbocycles. The maximum atomic E-state index is 11.4. The smallest absolute Gasteiger partial charge is 0.326 e. The van der Waals surface area contributed by atoms with Gasteiger partial charge in [0.2, 0.25) is 5.91 Å². The van der Waals surface area contributed by atoms with Gasteiger partial charge in [-0.25, -0.2) is 4.79 Å². The number of carboxylic acid groups (broad SMARTS) is 1. The van der Waals surface area contributed by atoms with E-state index in [1.165, 1.54) is 0 Å². The molecule has 1 aromatic rings. The molecule has 98 valence electrons. The Morgan fingerprint density at radius 2 is 2.00 bits per heavy atom. The molecule has 0 bridgehead atoms. The summed E-state index contributed by atoms with van der Waals surface area (Å²) in [6.07, 6.45) is 0.347. The number of carbonyl (C=O) groups is 2. The molecule has 0 fully saturated rings. The van der Waals surface area contributed by atoms with Crippen LogP contribution in [0.25, 0.3) is 0 Å². The summed E-state index contributed by atoms with van der Waals surface area (Å²) in [6, 6.07) is 8.60. The molecule has 0 radical (unpaired) electrons. The Bertz CT molecular complexity index is 391. The molecule has 0 spiro atoms. The van der Waals surface area contributed by atoms with Crippen molar-refractivity contribution in [3.05, 3.63) is 35.9 Å². The van der Waals surface area contributed by atoms with Gasteiger partial charge in [0.25, 0.3) is 0 Å². The zero-order valence-electron chi connectivity index (χ0n) is 10.3. The van der Waals surface area contributed by atoms with Crippen molar-refractivity contribution in [2.45, 2.75) is 26.0 Å². The zero-order valence-corrected chi connectivity index (χ0v) is 10.3. The van der Waals surface area contributed by atoms with Crippen molar-refractivity contribution in [2.75, 3.05) is 6.61 Å². The van der Waals surface area contributed by atoms with Gasteiger partial charge in [-0.2, -0.15) is 0 Å². The van der Waals surface area contributed by atoms with Gasteiger partial charge < -0.3 is 15.2 Å². The zero-order chi connectivity index (χ0) is 13.4. The third-order valence-corrected chi connectivity index (χ3v) is 2.39. The molecule has 18 heavy (non-hydrogen) atoms. The highest BCUT2D eigenvalue weighted by atomic mass is 16.5. The van der Waals surface area contributed by atoms with Crippen molar-refractivity contribution < 1.29 is 19.4 Å². The summed E-state index contributed by atoms with van der Waals surface area (Å²) >= 11 is 0. The largest absolute Gasteiger partial charge is 0.480 e. The van der Waals surface area contributed by atoms with E-state index >= 15 is 0 Å². The Hall–Kier alpha value is -1.88. The first-order valence-electron chi connectivity index (χ1n) is 5.77. The maximum absolute atomic E-state index is 11.4. The number of hydrogen-bond acceptors (Lipinski definition) is 3. The Kier molecular flexibility index (Phi) is 5.87. The topological polar surface area (TPSA) is 75.6 Å². The van der Waals surface area contributed by atoms with E-state index in [2.05, 4.69) is 5.32 Å². The number of ether oxygens (including phenoxy) is 1. The van der Waals surface area contributed by atoms with E-state index in [4.69, 9.17) is 9.84 Å². The molecule has 1 atom stereocenters. The second-order valence-corrected chi connectivity index (χ2v) is 3.84. The number of amides is 1. The number of benzene rings is 1. The van der Waals surface area contributed by atoms with Crippen molar-refractivity contribution in [1.29, 1.82) is 0 Å². The monoisotopic (exact) mass is 251 g/mol. The second-order valence-electron chi connectivity index (χ2n) is 3.84. The van der Waals surface area contributed by atoms with Crippen LogP contribution in [0.5, 0.6) is 0 Å². The number of carboxylic acids is 1. The van der Waals surface area contributed by atoms with E-state index in [9.17, 15) is 9.59 Å². The van der Waals surface area contributed by atoms with E-state index in [1.54, 1.807) is 6.92 Å². The fraction of sp³-hybridized carbons (Fsp3) is 0.385. The van der Waals surface area contributed by atoms with E-state index in [0.29, 0.717) is 13.0 Å². The molecule has 0 saturated carbocycles. The molecule has 0 saturated heterocycles. The van der Waals surface area contributed by atoms with Crippen molar-refractivity contribution in [3.63, 3.8) is 0 Å². The van der Waals surface area contributed by atoms with Crippen molar-refractivity contribution in [3.8, 4) is 0 Å². The van der Waals surface area contributed by atoms with Gasteiger partial charge in [-0.15, -0.1) is 0 Å². The second kappa shape index (κ2) is 7.45. The lowest BCUT2D eigenvalue weighted by Gasteiger charge is -2.12. The molecule has 0 aliphatic rings. The lowest BCUT2D eigenvalue weighted by atomic mass is 10.2. The van der Waals surface area contributed by atoms with Crippen molar-refractivity contribution in [2.24, 2.45) is 0 Å². The number of carbonyl (C=O) groups excluding carboxylic acids is 1. The molecule has 1 rings (SSSR count). The first-order chi connectivity index (χ1) is 8.63. The van der Waals surface area contributed by atoms with Crippen LogP contribution in [0.1, 0.15) is 18.9 Å². The molecule has 0 aliphatic heterocycles.